The van der Waals surface area contributed by atoms with Crippen LogP contribution < -0.4 is 10.1 Å². The lowest BCUT2D eigenvalue weighted by Crippen LogP contribution is -2.34. The highest BCUT2D eigenvalue weighted by Gasteiger charge is 2.17. The number of phenolic OH excluding ortho intramolecular Hbond substituents is 1. The summed E-state index contributed by atoms with van der Waals surface area (Å²) in [7, 11) is 0. The zero-order chi connectivity index (χ0) is 21.9. The Hall–Kier alpha value is -3.81. The Labute approximate surface area is 174 Å². The Bertz CT molecular complexity index is 922. The second-order valence-corrected chi connectivity index (χ2v) is 5.93. The van der Waals surface area contributed by atoms with Crippen LogP contribution in [-0.4, -0.2) is 42.9 Å². The number of hydrogen-bond acceptors (Lipinski definition) is 7. The van der Waals surface area contributed by atoms with Crippen LogP contribution in [0.25, 0.3) is 11.6 Å². The van der Waals surface area contributed by atoms with E-state index >= 15 is 0 Å². The van der Waals surface area contributed by atoms with Gasteiger partial charge in [0.1, 0.15) is 0 Å². The van der Waals surface area contributed by atoms with Crippen molar-refractivity contribution in [2.45, 2.75) is 13.8 Å². The molecule has 2 N–H and O–H groups in total. The zero-order valence-electron chi connectivity index (χ0n) is 16.7. The van der Waals surface area contributed by atoms with E-state index in [1.165, 1.54) is 6.07 Å². The summed E-state index contributed by atoms with van der Waals surface area (Å²) in [5.41, 5.74) is 1.34. The van der Waals surface area contributed by atoms with Crippen LogP contribution in [0.5, 0.6) is 11.5 Å². The molecule has 2 rings (SSSR count). The lowest BCUT2D eigenvalue weighted by Gasteiger charge is -2.10. The van der Waals surface area contributed by atoms with Gasteiger partial charge >= 0.3 is 12.1 Å². The van der Waals surface area contributed by atoms with E-state index in [4.69, 9.17) is 9.47 Å². The third kappa shape index (κ3) is 6.66. The Morgan fingerprint density at radius 2 is 1.73 bits per heavy atom. The van der Waals surface area contributed by atoms with Gasteiger partial charge in [-0.1, -0.05) is 36.4 Å². The summed E-state index contributed by atoms with van der Waals surface area (Å²) in [5, 5.41) is 11.8. The van der Waals surface area contributed by atoms with Crippen LogP contribution in [0.1, 0.15) is 25.0 Å². The van der Waals surface area contributed by atoms with Gasteiger partial charge in [-0.15, -0.1) is 0 Å². The molecular weight excluding hydrogens is 390 g/mol. The topological polar surface area (TPSA) is 111 Å². The van der Waals surface area contributed by atoms with Crippen LogP contribution in [0, 0.1) is 0 Å². The van der Waals surface area contributed by atoms with Crippen LogP contribution in [0.2, 0.25) is 0 Å². The molecule has 0 spiro atoms. The van der Waals surface area contributed by atoms with Crippen molar-refractivity contribution in [1.29, 1.82) is 0 Å². The standard InChI is InChI=1S/C22H23NO7/c1-3-28-19-13-15(10-11-18(19)24)12-17(16-8-6-5-7-9-16)21(26)30-14-20(25)23-22(27)29-4-2/h5-13,24H,3-4,14H2,1-2H3,(H,23,25,27)/b17-12+. The fraction of sp³-hybridized carbons (Fsp3) is 0.227. The molecule has 0 radical (unpaired) electrons. The quantitative estimate of drug-likeness (QED) is 0.388. The molecule has 8 nitrogen and oxygen atoms in total. The van der Waals surface area contributed by atoms with Gasteiger partial charge in [-0.2, -0.15) is 0 Å². The number of aromatic hydroxyl groups is 1. The van der Waals surface area contributed by atoms with Crippen molar-refractivity contribution >= 4 is 29.6 Å². The minimum atomic E-state index is -0.912. The minimum absolute atomic E-state index is 0.0199. The van der Waals surface area contributed by atoms with Gasteiger partial charge in [0.2, 0.25) is 0 Å². The summed E-state index contributed by atoms with van der Waals surface area (Å²) < 4.78 is 15.0. The van der Waals surface area contributed by atoms with Gasteiger partial charge in [-0.05, 0) is 43.2 Å². The molecule has 30 heavy (non-hydrogen) atoms. The number of nitrogens with one attached hydrogen (secondary N) is 1. The summed E-state index contributed by atoms with van der Waals surface area (Å²) in [6, 6.07) is 13.4. The first-order chi connectivity index (χ1) is 14.4. The smallest absolute Gasteiger partial charge is 0.413 e. The minimum Gasteiger partial charge on any atom is -0.504 e. The monoisotopic (exact) mass is 413 g/mol. The molecule has 158 valence electrons. The number of imide groups is 1. The van der Waals surface area contributed by atoms with Gasteiger partial charge in [-0.3, -0.25) is 10.1 Å². The van der Waals surface area contributed by atoms with Crippen LogP contribution in [0.3, 0.4) is 0 Å². The average Bonchev–Trinajstić information content (AvgIpc) is 2.73. The number of ether oxygens (including phenoxy) is 3. The number of amides is 2. The van der Waals surface area contributed by atoms with E-state index in [1.807, 2.05) is 5.32 Å². The maximum Gasteiger partial charge on any atom is 0.413 e. The zero-order valence-corrected chi connectivity index (χ0v) is 16.7. The van der Waals surface area contributed by atoms with Gasteiger partial charge < -0.3 is 19.3 Å². The first-order valence-corrected chi connectivity index (χ1v) is 9.31. The molecule has 2 aromatic carbocycles. The third-order valence-electron chi connectivity index (χ3n) is 3.75. The summed E-state index contributed by atoms with van der Waals surface area (Å²) >= 11 is 0. The van der Waals surface area contributed by atoms with Crippen LogP contribution in [0.4, 0.5) is 4.79 Å². The maximum absolute atomic E-state index is 12.7. The van der Waals surface area contributed by atoms with Crippen LogP contribution in [0.15, 0.2) is 48.5 Å². The second-order valence-electron chi connectivity index (χ2n) is 5.93. The number of benzene rings is 2. The first-order valence-electron chi connectivity index (χ1n) is 9.31. The fourth-order valence-corrected chi connectivity index (χ4v) is 2.46. The fourth-order valence-electron chi connectivity index (χ4n) is 2.46. The van der Waals surface area contributed by atoms with Gasteiger partial charge in [0.15, 0.2) is 18.1 Å². The molecule has 0 saturated heterocycles. The summed E-state index contributed by atoms with van der Waals surface area (Å²) in [6.45, 7) is 3.21. The van der Waals surface area contributed by atoms with Crippen LogP contribution >= 0.6 is 0 Å². The molecule has 2 aromatic rings. The molecule has 0 heterocycles. The van der Waals surface area contributed by atoms with E-state index in [2.05, 4.69) is 4.74 Å². The maximum atomic E-state index is 12.7. The molecule has 2 amide bonds. The molecule has 0 unspecified atom stereocenters. The molecule has 0 aliphatic heterocycles. The third-order valence-corrected chi connectivity index (χ3v) is 3.75. The van der Waals surface area contributed by atoms with E-state index < -0.39 is 24.6 Å². The molecule has 0 aliphatic rings. The van der Waals surface area contributed by atoms with Crippen LogP contribution in [-0.2, 0) is 19.1 Å². The van der Waals surface area contributed by atoms with E-state index in [-0.39, 0.29) is 23.7 Å². The normalized spacial score (nSPS) is 10.8. The average molecular weight is 413 g/mol. The first kappa shape index (κ1) is 22.5. The molecule has 0 saturated carbocycles. The lowest BCUT2D eigenvalue weighted by atomic mass is 10.0. The van der Waals surface area contributed by atoms with Crippen molar-refractivity contribution < 1.29 is 33.7 Å². The Morgan fingerprint density at radius 3 is 2.40 bits per heavy atom. The number of phenols is 1. The Morgan fingerprint density at radius 1 is 1.00 bits per heavy atom. The summed E-state index contributed by atoms with van der Waals surface area (Å²) in [5.74, 6) is -1.31. The number of alkyl carbamates (subject to hydrolysis) is 1. The number of carbonyl (C=O) groups is 3. The Balaban J connectivity index is 2.23. The van der Waals surface area contributed by atoms with Gasteiger partial charge in [0.05, 0.1) is 18.8 Å². The van der Waals surface area contributed by atoms with E-state index in [9.17, 15) is 19.5 Å². The predicted molar refractivity (Wildman–Crippen MR) is 110 cm³/mol. The van der Waals surface area contributed by atoms with Crippen molar-refractivity contribution in [3.05, 3.63) is 59.7 Å². The number of rotatable bonds is 8. The van der Waals surface area contributed by atoms with Crippen molar-refractivity contribution in [2.24, 2.45) is 0 Å². The summed E-state index contributed by atoms with van der Waals surface area (Å²) in [4.78, 5) is 35.7. The van der Waals surface area contributed by atoms with E-state index in [1.54, 1.807) is 62.4 Å². The summed E-state index contributed by atoms with van der Waals surface area (Å²) in [6.07, 6.45) is 0.646. The molecule has 0 bridgehead atoms. The number of carbonyl (C=O) groups excluding carboxylic acids is 3. The number of hydrogen-bond donors (Lipinski definition) is 2. The van der Waals surface area contributed by atoms with Crippen molar-refractivity contribution in [3.63, 3.8) is 0 Å². The van der Waals surface area contributed by atoms with Gasteiger partial charge in [0.25, 0.3) is 5.91 Å². The predicted octanol–water partition coefficient (Wildman–Crippen LogP) is 3.15. The molecule has 0 atom stereocenters. The second kappa shape index (κ2) is 11.3. The van der Waals surface area contributed by atoms with E-state index in [0.717, 1.165) is 0 Å². The molecule has 8 heteroatoms. The number of esters is 1. The van der Waals surface area contributed by atoms with Crippen molar-refractivity contribution in [2.75, 3.05) is 19.8 Å². The van der Waals surface area contributed by atoms with Gasteiger partial charge in [-0.25, -0.2) is 9.59 Å². The molecule has 0 aliphatic carbocycles. The molecular formula is C22H23NO7. The highest BCUT2D eigenvalue weighted by Crippen LogP contribution is 2.29. The molecule has 0 aromatic heterocycles. The van der Waals surface area contributed by atoms with Gasteiger partial charge in [0, 0.05) is 0 Å². The van der Waals surface area contributed by atoms with Crippen molar-refractivity contribution in [1.82, 2.24) is 5.32 Å². The Kier molecular flexibility index (Phi) is 8.43. The SMILES string of the molecule is CCOC(=O)NC(=O)COC(=O)/C(=C/c1ccc(O)c(OCC)c1)c1ccccc1. The highest BCUT2D eigenvalue weighted by atomic mass is 16.6. The lowest BCUT2D eigenvalue weighted by molar-refractivity contribution is -0.142. The largest absolute Gasteiger partial charge is 0.504 e. The molecule has 0 fully saturated rings. The van der Waals surface area contributed by atoms with Crippen molar-refractivity contribution in [3.8, 4) is 11.5 Å². The highest BCUT2D eigenvalue weighted by molar-refractivity contribution is 6.21. The van der Waals surface area contributed by atoms with E-state index in [0.29, 0.717) is 17.7 Å².